The van der Waals surface area contributed by atoms with Crippen LogP contribution in [0.15, 0.2) is 18.2 Å². The van der Waals surface area contributed by atoms with E-state index in [1.54, 1.807) is 7.11 Å². The fourth-order valence-corrected chi connectivity index (χ4v) is 1.76. The molecule has 1 N–H and O–H groups in total. The van der Waals surface area contributed by atoms with Crippen molar-refractivity contribution in [3.05, 3.63) is 28.8 Å². The number of rotatable bonds is 5. The van der Waals surface area contributed by atoms with Crippen molar-refractivity contribution in [2.75, 3.05) is 19.0 Å². The number of benzene rings is 1. The molecule has 0 aliphatic carbocycles. The molecule has 0 saturated heterocycles. The van der Waals surface area contributed by atoms with Crippen LogP contribution in [-0.4, -0.2) is 19.8 Å². The van der Waals surface area contributed by atoms with E-state index in [-0.39, 0.29) is 0 Å². The van der Waals surface area contributed by atoms with E-state index >= 15 is 0 Å². The van der Waals surface area contributed by atoms with E-state index in [4.69, 9.17) is 16.3 Å². The van der Waals surface area contributed by atoms with E-state index in [0.29, 0.717) is 12.6 Å². The van der Waals surface area contributed by atoms with Crippen molar-refractivity contribution in [3.8, 4) is 0 Å². The van der Waals surface area contributed by atoms with Crippen molar-refractivity contribution in [1.29, 1.82) is 0 Å². The van der Waals surface area contributed by atoms with Gasteiger partial charge in [-0.05, 0) is 25.0 Å². The van der Waals surface area contributed by atoms with Crippen LogP contribution in [0.3, 0.4) is 0 Å². The molecular formula is C12H18ClNO. The van der Waals surface area contributed by atoms with Crippen LogP contribution in [0.1, 0.15) is 18.9 Å². The number of para-hydroxylation sites is 1. The van der Waals surface area contributed by atoms with Gasteiger partial charge in [0.2, 0.25) is 0 Å². The van der Waals surface area contributed by atoms with Gasteiger partial charge in [0.15, 0.2) is 0 Å². The van der Waals surface area contributed by atoms with Crippen molar-refractivity contribution in [2.24, 2.45) is 0 Å². The number of nitrogens with one attached hydrogen (secondary N) is 1. The first-order valence-corrected chi connectivity index (χ1v) is 5.57. The van der Waals surface area contributed by atoms with Crippen molar-refractivity contribution in [1.82, 2.24) is 0 Å². The highest BCUT2D eigenvalue weighted by Gasteiger charge is 2.09. The lowest BCUT2D eigenvalue weighted by atomic mass is 10.1. The second kappa shape index (κ2) is 5.99. The molecule has 1 rings (SSSR count). The van der Waals surface area contributed by atoms with E-state index in [2.05, 4.69) is 12.2 Å². The molecule has 0 aliphatic heterocycles. The number of hydrogen-bond acceptors (Lipinski definition) is 2. The summed E-state index contributed by atoms with van der Waals surface area (Å²) in [6.45, 7) is 4.87. The number of halogens is 1. The second-order valence-corrected chi connectivity index (χ2v) is 4.04. The van der Waals surface area contributed by atoms with Crippen LogP contribution in [0.4, 0.5) is 5.69 Å². The molecule has 0 heterocycles. The smallest absolute Gasteiger partial charge is 0.0663 e. The zero-order valence-electron chi connectivity index (χ0n) is 9.51. The summed E-state index contributed by atoms with van der Waals surface area (Å²) in [7, 11) is 1.71. The topological polar surface area (TPSA) is 21.3 Å². The third kappa shape index (κ3) is 3.40. The minimum absolute atomic E-state index is 0.314. The van der Waals surface area contributed by atoms with Crippen LogP contribution >= 0.6 is 11.6 Å². The molecule has 0 bridgehead atoms. The highest BCUT2D eigenvalue weighted by molar-refractivity contribution is 6.33. The van der Waals surface area contributed by atoms with Gasteiger partial charge in [0.05, 0.1) is 17.3 Å². The van der Waals surface area contributed by atoms with Gasteiger partial charge in [0.1, 0.15) is 0 Å². The summed E-state index contributed by atoms with van der Waals surface area (Å²) in [5.74, 6) is 0. The summed E-state index contributed by atoms with van der Waals surface area (Å²) in [5.41, 5.74) is 2.18. The van der Waals surface area contributed by atoms with Gasteiger partial charge in [0.25, 0.3) is 0 Å². The van der Waals surface area contributed by atoms with Crippen LogP contribution in [0.25, 0.3) is 0 Å². The maximum absolute atomic E-state index is 6.13. The first-order valence-electron chi connectivity index (χ1n) is 5.19. The molecule has 0 aliphatic rings. The Labute approximate surface area is 96.6 Å². The lowest BCUT2D eigenvalue weighted by molar-refractivity contribution is 0.184. The Kier molecular flexibility index (Phi) is 4.92. The molecule has 0 radical (unpaired) electrons. The Morgan fingerprint density at radius 1 is 1.47 bits per heavy atom. The normalized spacial score (nSPS) is 12.5. The van der Waals surface area contributed by atoms with Crippen molar-refractivity contribution in [3.63, 3.8) is 0 Å². The molecule has 2 nitrogen and oxygen atoms in total. The van der Waals surface area contributed by atoms with E-state index in [1.807, 2.05) is 25.1 Å². The first kappa shape index (κ1) is 12.3. The zero-order chi connectivity index (χ0) is 11.3. The molecule has 1 unspecified atom stereocenters. The molecule has 15 heavy (non-hydrogen) atoms. The Morgan fingerprint density at radius 2 is 2.20 bits per heavy atom. The minimum Gasteiger partial charge on any atom is -0.383 e. The fraction of sp³-hybridized carbons (Fsp3) is 0.500. The largest absolute Gasteiger partial charge is 0.383 e. The van der Waals surface area contributed by atoms with E-state index in [0.717, 1.165) is 22.7 Å². The van der Waals surface area contributed by atoms with Crippen LogP contribution in [0, 0.1) is 6.92 Å². The molecule has 0 fully saturated rings. The molecule has 0 amide bonds. The number of ether oxygens (including phenoxy) is 1. The number of aryl methyl sites for hydroxylation is 1. The van der Waals surface area contributed by atoms with Gasteiger partial charge in [0, 0.05) is 13.2 Å². The fourth-order valence-electron chi connectivity index (χ4n) is 1.48. The molecule has 0 saturated carbocycles. The Balaban J connectivity index is 2.78. The summed E-state index contributed by atoms with van der Waals surface area (Å²) in [6.07, 6.45) is 1.01. The summed E-state index contributed by atoms with van der Waals surface area (Å²) < 4.78 is 5.14. The monoisotopic (exact) mass is 227 g/mol. The highest BCUT2D eigenvalue weighted by Crippen LogP contribution is 2.26. The van der Waals surface area contributed by atoms with Crippen LogP contribution in [-0.2, 0) is 4.74 Å². The third-order valence-electron chi connectivity index (χ3n) is 2.43. The standard InChI is InChI=1S/C12H18ClNO/c1-4-10(8-15-3)14-12-9(2)6-5-7-11(12)13/h5-7,10,14H,4,8H2,1-3H3. The number of methoxy groups -OCH3 is 1. The lowest BCUT2D eigenvalue weighted by Gasteiger charge is -2.19. The number of hydrogen-bond donors (Lipinski definition) is 1. The zero-order valence-corrected chi connectivity index (χ0v) is 10.3. The molecule has 1 aromatic rings. The van der Waals surface area contributed by atoms with E-state index in [1.165, 1.54) is 0 Å². The van der Waals surface area contributed by atoms with Crippen LogP contribution in [0.2, 0.25) is 5.02 Å². The maximum atomic E-state index is 6.13. The van der Waals surface area contributed by atoms with Crippen molar-refractivity contribution in [2.45, 2.75) is 26.3 Å². The highest BCUT2D eigenvalue weighted by atomic mass is 35.5. The maximum Gasteiger partial charge on any atom is 0.0663 e. The van der Waals surface area contributed by atoms with Gasteiger partial charge in [-0.25, -0.2) is 0 Å². The van der Waals surface area contributed by atoms with Crippen LogP contribution in [0.5, 0.6) is 0 Å². The molecule has 3 heteroatoms. The van der Waals surface area contributed by atoms with Gasteiger partial charge in [-0.15, -0.1) is 0 Å². The average Bonchev–Trinajstić information content (AvgIpc) is 2.22. The van der Waals surface area contributed by atoms with Gasteiger partial charge < -0.3 is 10.1 Å². The summed E-state index contributed by atoms with van der Waals surface area (Å²) >= 11 is 6.13. The third-order valence-corrected chi connectivity index (χ3v) is 2.75. The molecule has 84 valence electrons. The van der Waals surface area contributed by atoms with E-state index < -0.39 is 0 Å². The van der Waals surface area contributed by atoms with Gasteiger partial charge in [-0.3, -0.25) is 0 Å². The SMILES string of the molecule is CCC(COC)Nc1c(C)cccc1Cl. The quantitative estimate of drug-likeness (QED) is 0.832. The van der Waals surface area contributed by atoms with E-state index in [9.17, 15) is 0 Å². The molecule has 0 spiro atoms. The summed E-state index contributed by atoms with van der Waals surface area (Å²) in [6, 6.07) is 6.22. The second-order valence-electron chi connectivity index (χ2n) is 3.64. The van der Waals surface area contributed by atoms with Crippen molar-refractivity contribution < 1.29 is 4.74 Å². The minimum atomic E-state index is 0.314. The predicted molar refractivity (Wildman–Crippen MR) is 65.8 cm³/mol. The number of anilines is 1. The van der Waals surface area contributed by atoms with Crippen molar-refractivity contribution >= 4 is 17.3 Å². The first-order chi connectivity index (χ1) is 7.19. The lowest BCUT2D eigenvalue weighted by Crippen LogP contribution is -2.24. The molecule has 1 atom stereocenters. The van der Waals surface area contributed by atoms with Gasteiger partial charge in [-0.2, -0.15) is 0 Å². The molecule has 0 aromatic heterocycles. The predicted octanol–water partition coefficient (Wildman–Crippen LogP) is 3.49. The Hall–Kier alpha value is -0.730. The Morgan fingerprint density at radius 3 is 2.73 bits per heavy atom. The molecule has 1 aromatic carbocycles. The average molecular weight is 228 g/mol. The summed E-state index contributed by atoms with van der Waals surface area (Å²) in [4.78, 5) is 0. The van der Waals surface area contributed by atoms with Gasteiger partial charge >= 0.3 is 0 Å². The summed E-state index contributed by atoms with van der Waals surface area (Å²) in [5, 5.41) is 4.18. The van der Waals surface area contributed by atoms with Crippen LogP contribution < -0.4 is 5.32 Å². The Bertz CT molecular complexity index is 294. The van der Waals surface area contributed by atoms with Gasteiger partial charge in [-0.1, -0.05) is 30.7 Å². The molecular weight excluding hydrogens is 210 g/mol.